The van der Waals surface area contributed by atoms with Crippen molar-refractivity contribution in [2.45, 2.75) is 52.2 Å². The summed E-state index contributed by atoms with van der Waals surface area (Å²) >= 11 is 0. The summed E-state index contributed by atoms with van der Waals surface area (Å²) in [6, 6.07) is 0.855. The largest absolute Gasteiger partial charge is 0.339 e. The van der Waals surface area contributed by atoms with Crippen molar-refractivity contribution in [1.82, 2.24) is 9.55 Å². The van der Waals surface area contributed by atoms with Gasteiger partial charge in [-0.3, -0.25) is 0 Å². The Kier molecular flexibility index (Phi) is 3.19. The molecule has 2 unspecified atom stereocenters. The summed E-state index contributed by atoms with van der Waals surface area (Å²) in [4.78, 5) is 7.02. The van der Waals surface area contributed by atoms with Gasteiger partial charge in [-0.2, -0.15) is 0 Å². The third-order valence-electron chi connectivity index (χ3n) is 3.39. The molecular weight excluding hydrogens is 200 g/mol. The van der Waals surface area contributed by atoms with Crippen LogP contribution in [0.3, 0.4) is 0 Å². The lowest BCUT2D eigenvalue weighted by Gasteiger charge is -2.37. The second kappa shape index (κ2) is 4.45. The van der Waals surface area contributed by atoms with Gasteiger partial charge in [0.2, 0.25) is 5.95 Å². The maximum atomic E-state index is 5.99. The number of aromatic nitrogens is 2. The molecule has 4 nitrogen and oxygen atoms in total. The quantitative estimate of drug-likeness (QED) is 0.825. The van der Waals surface area contributed by atoms with Crippen molar-refractivity contribution in [2.24, 2.45) is 5.73 Å². The van der Waals surface area contributed by atoms with Crippen LogP contribution in [0.25, 0.3) is 0 Å². The van der Waals surface area contributed by atoms with Gasteiger partial charge in [-0.25, -0.2) is 4.98 Å². The maximum Gasteiger partial charge on any atom is 0.205 e. The summed E-state index contributed by atoms with van der Waals surface area (Å²) in [6.07, 6.45) is 4.26. The molecule has 1 fully saturated rings. The Morgan fingerprint density at radius 2 is 2.31 bits per heavy atom. The van der Waals surface area contributed by atoms with Gasteiger partial charge in [-0.1, -0.05) is 0 Å². The zero-order chi connectivity index (χ0) is 11.7. The molecule has 16 heavy (non-hydrogen) atoms. The first-order valence-corrected chi connectivity index (χ1v) is 6.17. The monoisotopic (exact) mass is 222 g/mol. The number of hydrogen-bond donors (Lipinski definition) is 1. The molecule has 0 spiro atoms. The molecule has 1 aromatic rings. The molecule has 1 aliphatic rings. The molecule has 0 aromatic carbocycles. The fraction of sp³-hybridized carbons (Fsp3) is 0.750. The predicted octanol–water partition coefficient (Wildman–Crippen LogP) is 1.53. The van der Waals surface area contributed by atoms with E-state index in [0.29, 0.717) is 12.1 Å². The van der Waals surface area contributed by atoms with Gasteiger partial charge in [0, 0.05) is 31.4 Å². The van der Waals surface area contributed by atoms with E-state index in [1.54, 1.807) is 0 Å². The normalized spacial score (nSPS) is 26.1. The van der Waals surface area contributed by atoms with Crippen molar-refractivity contribution in [1.29, 1.82) is 0 Å². The molecule has 1 aromatic heterocycles. The van der Waals surface area contributed by atoms with Crippen LogP contribution in [0.1, 0.15) is 32.4 Å². The maximum absolute atomic E-state index is 5.99. The van der Waals surface area contributed by atoms with Gasteiger partial charge >= 0.3 is 0 Å². The minimum atomic E-state index is 0.359. The standard InChI is InChI=1S/C12H22N4/c1-4-15-8-9(2)14-12(15)16-6-5-11(13)7-10(16)3/h8,10-11H,4-7,13H2,1-3H3. The van der Waals surface area contributed by atoms with Crippen LogP contribution in [0.15, 0.2) is 6.20 Å². The number of hydrogen-bond acceptors (Lipinski definition) is 3. The van der Waals surface area contributed by atoms with E-state index in [-0.39, 0.29) is 0 Å². The summed E-state index contributed by atoms with van der Waals surface area (Å²) < 4.78 is 2.22. The van der Waals surface area contributed by atoms with Crippen LogP contribution in [-0.2, 0) is 6.54 Å². The number of nitrogens with two attached hydrogens (primary N) is 1. The highest BCUT2D eigenvalue weighted by Gasteiger charge is 2.26. The molecule has 2 rings (SSSR count). The summed E-state index contributed by atoms with van der Waals surface area (Å²) in [5.41, 5.74) is 7.08. The molecule has 2 heterocycles. The van der Waals surface area contributed by atoms with Crippen molar-refractivity contribution < 1.29 is 0 Å². The fourth-order valence-electron chi connectivity index (χ4n) is 2.50. The summed E-state index contributed by atoms with van der Waals surface area (Å²) in [6.45, 7) is 8.45. The van der Waals surface area contributed by atoms with E-state index in [0.717, 1.165) is 37.6 Å². The molecule has 0 radical (unpaired) electrons. The van der Waals surface area contributed by atoms with Crippen molar-refractivity contribution in [3.8, 4) is 0 Å². The highest BCUT2D eigenvalue weighted by Crippen LogP contribution is 2.23. The minimum absolute atomic E-state index is 0.359. The Morgan fingerprint density at radius 1 is 1.56 bits per heavy atom. The third-order valence-corrected chi connectivity index (χ3v) is 3.39. The van der Waals surface area contributed by atoms with Crippen molar-refractivity contribution >= 4 is 5.95 Å². The Bertz CT molecular complexity index is 358. The highest BCUT2D eigenvalue weighted by atomic mass is 15.3. The summed E-state index contributed by atoms with van der Waals surface area (Å²) in [7, 11) is 0. The molecule has 2 N–H and O–H groups in total. The van der Waals surface area contributed by atoms with E-state index in [2.05, 4.69) is 41.4 Å². The van der Waals surface area contributed by atoms with E-state index in [1.807, 2.05) is 0 Å². The summed E-state index contributed by atoms with van der Waals surface area (Å²) in [5.74, 6) is 1.11. The van der Waals surface area contributed by atoms with Crippen molar-refractivity contribution in [3.05, 3.63) is 11.9 Å². The predicted molar refractivity (Wildman–Crippen MR) is 66.7 cm³/mol. The lowest BCUT2D eigenvalue weighted by molar-refractivity contribution is 0.420. The van der Waals surface area contributed by atoms with Crippen LogP contribution in [0.2, 0.25) is 0 Å². The molecule has 4 heteroatoms. The topological polar surface area (TPSA) is 47.1 Å². The van der Waals surface area contributed by atoms with Crippen LogP contribution < -0.4 is 10.6 Å². The van der Waals surface area contributed by atoms with E-state index in [1.165, 1.54) is 0 Å². The van der Waals surface area contributed by atoms with Gasteiger partial charge < -0.3 is 15.2 Å². The van der Waals surface area contributed by atoms with Gasteiger partial charge in [0.05, 0.1) is 5.69 Å². The fourth-order valence-corrected chi connectivity index (χ4v) is 2.50. The SMILES string of the molecule is CCn1cc(C)nc1N1CCC(N)CC1C. The average Bonchev–Trinajstić information content (AvgIpc) is 2.59. The van der Waals surface area contributed by atoms with E-state index in [9.17, 15) is 0 Å². The number of piperidine rings is 1. The molecule has 1 saturated heterocycles. The Hall–Kier alpha value is -1.03. The zero-order valence-corrected chi connectivity index (χ0v) is 10.5. The number of imidazole rings is 1. The number of aryl methyl sites for hydroxylation is 2. The lowest BCUT2D eigenvalue weighted by Crippen LogP contribution is -2.46. The van der Waals surface area contributed by atoms with Gasteiger partial charge in [0.1, 0.15) is 0 Å². The van der Waals surface area contributed by atoms with Crippen molar-refractivity contribution in [2.75, 3.05) is 11.4 Å². The van der Waals surface area contributed by atoms with Crippen LogP contribution in [0, 0.1) is 6.92 Å². The van der Waals surface area contributed by atoms with Gasteiger partial charge in [0.25, 0.3) is 0 Å². The first-order chi connectivity index (χ1) is 7.61. The minimum Gasteiger partial charge on any atom is -0.339 e. The zero-order valence-electron chi connectivity index (χ0n) is 10.5. The van der Waals surface area contributed by atoms with E-state index >= 15 is 0 Å². The Balaban J connectivity index is 2.22. The smallest absolute Gasteiger partial charge is 0.205 e. The molecule has 2 atom stereocenters. The third kappa shape index (κ3) is 2.07. The highest BCUT2D eigenvalue weighted by molar-refractivity contribution is 5.35. The second-order valence-corrected chi connectivity index (χ2v) is 4.80. The number of nitrogens with zero attached hydrogens (tertiary/aromatic N) is 3. The summed E-state index contributed by atoms with van der Waals surface area (Å²) in [5, 5.41) is 0. The first kappa shape index (κ1) is 11.5. The average molecular weight is 222 g/mol. The Labute approximate surface area is 97.4 Å². The first-order valence-electron chi connectivity index (χ1n) is 6.17. The second-order valence-electron chi connectivity index (χ2n) is 4.80. The molecule has 90 valence electrons. The molecule has 1 aliphatic heterocycles. The van der Waals surface area contributed by atoms with Gasteiger partial charge in [0.15, 0.2) is 0 Å². The molecule has 0 saturated carbocycles. The Morgan fingerprint density at radius 3 is 2.94 bits per heavy atom. The van der Waals surface area contributed by atoms with E-state index in [4.69, 9.17) is 5.73 Å². The molecule has 0 aliphatic carbocycles. The molecule has 0 bridgehead atoms. The van der Waals surface area contributed by atoms with Gasteiger partial charge in [-0.05, 0) is 33.6 Å². The van der Waals surface area contributed by atoms with Crippen LogP contribution in [0.4, 0.5) is 5.95 Å². The van der Waals surface area contributed by atoms with Crippen molar-refractivity contribution in [3.63, 3.8) is 0 Å². The number of rotatable bonds is 2. The lowest BCUT2D eigenvalue weighted by atomic mass is 10.00. The van der Waals surface area contributed by atoms with Crippen LogP contribution in [0.5, 0.6) is 0 Å². The van der Waals surface area contributed by atoms with E-state index < -0.39 is 0 Å². The van der Waals surface area contributed by atoms with Crippen LogP contribution in [-0.4, -0.2) is 28.2 Å². The van der Waals surface area contributed by atoms with Gasteiger partial charge in [-0.15, -0.1) is 0 Å². The number of anilines is 1. The molecular formula is C12H22N4. The molecule has 0 amide bonds. The van der Waals surface area contributed by atoms with Crippen LogP contribution >= 0.6 is 0 Å².